The molecule has 0 bridgehead atoms. The van der Waals surface area contributed by atoms with Gasteiger partial charge in [0.1, 0.15) is 30.0 Å². The van der Waals surface area contributed by atoms with E-state index >= 15 is 0 Å². The molecule has 1 amide bonds. The van der Waals surface area contributed by atoms with Crippen molar-refractivity contribution in [2.75, 3.05) is 13.2 Å². The van der Waals surface area contributed by atoms with Crippen LogP contribution >= 0.6 is 0 Å². The number of fused-ring (bicyclic) bond motifs is 1. The first-order chi connectivity index (χ1) is 18.2. The van der Waals surface area contributed by atoms with Crippen LogP contribution in [0.1, 0.15) is 51.5 Å². The number of carbonyl (C=O) groups is 2. The van der Waals surface area contributed by atoms with Crippen molar-refractivity contribution >= 4 is 11.9 Å². The van der Waals surface area contributed by atoms with Crippen molar-refractivity contribution in [3.63, 3.8) is 0 Å². The van der Waals surface area contributed by atoms with Gasteiger partial charge in [-0.15, -0.1) is 0 Å². The Morgan fingerprint density at radius 3 is 2.32 bits per heavy atom. The number of benzene rings is 2. The maximum Gasteiger partial charge on any atom is 0.308 e. The van der Waals surface area contributed by atoms with Gasteiger partial charge in [-0.25, -0.2) is 0 Å². The van der Waals surface area contributed by atoms with E-state index in [9.17, 15) is 9.59 Å². The van der Waals surface area contributed by atoms with Crippen molar-refractivity contribution in [2.24, 2.45) is 0 Å². The summed E-state index contributed by atoms with van der Waals surface area (Å²) in [4.78, 5) is 24.6. The van der Waals surface area contributed by atoms with Crippen molar-refractivity contribution in [3.05, 3.63) is 71.8 Å². The molecule has 2 heterocycles. The number of amides is 1. The Labute approximate surface area is 223 Å². The summed E-state index contributed by atoms with van der Waals surface area (Å²) in [5.74, 6) is -0.637. The zero-order valence-electron chi connectivity index (χ0n) is 22.3. The van der Waals surface area contributed by atoms with Gasteiger partial charge < -0.3 is 33.7 Å². The third-order valence-corrected chi connectivity index (χ3v) is 6.07. The first-order valence-corrected chi connectivity index (χ1v) is 12.9. The summed E-state index contributed by atoms with van der Waals surface area (Å²) in [6.07, 6.45) is -3.16. The molecule has 0 aliphatic carbocycles. The fourth-order valence-corrected chi connectivity index (χ4v) is 4.50. The number of carbonyl (C=O) groups excluding carboxylic acids is 2. The van der Waals surface area contributed by atoms with Crippen molar-refractivity contribution in [2.45, 2.75) is 83.3 Å². The minimum atomic E-state index is -0.827. The molecule has 2 aliphatic rings. The van der Waals surface area contributed by atoms with E-state index in [-0.39, 0.29) is 38.1 Å². The zero-order chi connectivity index (χ0) is 27.1. The van der Waals surface area contributed by atoms with Crippen molar-refractivity contribution < 1.29 is 38.0 Å². The van der Waals surface area contributed by atoms with Gasteiger partial charge in [-0.3, -0.25) is 9.59 Å². The molecule has 2 aromatic carbocycles. The number of rotatable bonds is 9. The Bertz CT molecular complexity index is 1040. The predicted octanol–water partition coefficient (Wildman–Crippen LogP) is 3.66. The summed E-state index contributed by atoms with van der Waals surface area (Å²) in [5.41, 5.74) is 1.22. The lowest BCUT2D eigenvalue weighted by molar-refractivity contribution is -0.349. The molecule has 0 radical (unpaired) electrons. The maximum absolute atomic E-state index is 12.3. The minimum Gasteiger partial charge on any atom is -0.460 e. The monoisotopic (exact) mass is 527 g/mol. The molecule has 206 valence electrons. The summed E-state index contributed by atoms with van der Waals surface area (Å²) in [7, 11) is 0. The molecule has 38 heavy (non-hydrogen) atoms. The lowest BCUT2D eigenvalue weighted by Crippen LogP contribution is -2.67. The van der Waals surface area contributed by atoms with Gasteiger partial charge in [0.05, 0.1) is 26.2 Å². The van der Waals surface area contributed by atoms with E-state index in [1.807, 2.05) is 81.4 Å². The Balaban J connectivity index is 1.53. The highest BCUT2D eigenvalue weighted by Crippen LogP contribution is 2.36. The number of nitrogens with one attached hydrogen (secondary N) is 1. The second kappa shape index (κ2) is 12.8. The second-order valence-electron chi connectivity index (χ2n) is 10.4. The number of esters is 1. The normalized spacial score (nSPS) is 27.3. The van der Waals surface area contributed by atoms with Crippen molar-refractivity contribution in [1.82, 2.24) is 5.32 Å². The summed E-state index contributed by atoms with van der Waals surface area (Å²) in [5, 5.41) is 2.93. The molecule has 1 N–H and O–H groups in total. The molecule has 0 spiro atoms. The first-order valence-electron chi connectivity index (χ1n) is 12.9. The summed E-state index contributed by atoms with van der Waals surface area (Å²) in [6, 6.07) is 18.6. The Morgan fingerprint density at radius 2 is 1.66 bits per heavy atom. The Morgan fingerprint density at radius 1 is 0.974 bits per heavy atom. The average molecular weight is 528 g/mol. The van der Waals surface area contributed by atoms with Gasteiger partial charge in [-0.1, -0.05) is 60.7 Å². The van der Waals surface area contributed by atoms with Crippen LogP contribution in [-0.2, 0) is 44.6 Å². The topological polar surface area (TPSA) is 102 Å². The van der Waals surface area contributed by atoms with Gasteiger partial charge >= 0.3 is 5.97 Å². The third-order valence-electron chi connectivity index (χ3n) is 6.07. The average Bonchev–Trinajstić information content (AvgIpc) is 2.88. The van der Waals surface area contributed by atoms with E-state index in [4.69, 9.17) is 28.4 Å². The van der Waals surface area contributed by atoms with E-state index in [2.05, 4.69) is 5.32 Å². The highest BCUT2D eigenvalue weighted by atomic mass is 16.7. The molecule has 6 atom stereocenters. The van der Waals surface area contributed by atoms with Crippen LogP contribution in [0.2, 0.25) is 0 Å². The molecule has 0 aromatic heterocycles. The molecule has 2 aliphatic heterocycles. The lowest BCUT2D eigenvalue weighted by atomic mass is 9.95. The molecule has 9 heteroatoms. The molecule has 2 fully saturated rings. The molecule has 2 saturated heterocycles. The van der Waals surface area contributed by atoms with Crippen LogP contribution in [0.25, 0.3) is 0 Å². The molecule has 0 unspecified atom stereocenters. The predicted molar refractivity (Wildman–Crippen MR) is 138 cm³/mol. The Hall–Kier alpha value is -2.82. The van der Waals surface area contributed by atoms with E-state index in [0.717, 1.165) is 11.1 Å². The van der Waals surface area contributed by atoms with Gasteiger partial charge in [0.2, 0.25) is 5.91 Å². The van der Waals surface area contributed by atoms with E-state index in [1.54, 1.807) is 0 Å². The van der Waals surface area contributed by atoms with Crippen molar-refractivity contribution in [1.29, 1.82) is 0 Å². The molecular weight excluding hydrogens is 490 g/mol. The Kier molecular flexibility index (Phi) is 9.51. The molecule has 4 rings (SSSR count). The number of hydrogen-bond acceptors (Lipinski definition) is 8. The molecule has 0 saturated carbocycles. The van der Waals surface area contributed by atoms with Gasteiger partial charge in [-0.05, 0) is 26.3 Å². The van der Waals surface area contributed by atoms with E-state index in [0.29, 0.717) is 0 Å². The van der Waals surface area contributed by atoms with Crippen LogP contribution < -0.4 is 5.32 Å². The van der Waals surface area contributed by atoms with Crippen LogP contribution in [0, 0.1) is 0 Å². The van der Waals surface area contributed by atoms with Gasteiger partial charge in [0, 0.05) is 12.5 Å². The minimum absolute atomic E-state index is 0.0486. The van der Waals surface area contributed by atoms with Crippen LogP contribution in [-0.4, -0.2) is 61.3 Å². The fraction of sp³-hybridized carbons (Fsp3) is 0.517. The van der Waals surface area contributed by atoms with Gasteiger partial charge in [0.15, 0.2) is 12.6 Å². The highest BCUT2D eigenvalue weighted by molar-refractivity contribution is 5.73. The zero-order valence-corrected chi connectivity index (χ0v) is 22.3. The number of hydrogen-bond donors (Lipinski definition) is 1. The van der Waals surface area contributed by atoms with Crippen LogP contribution in [0.3, 0.4) is 0 Å². The standard InChI is InChI=1S/C29H37NO8/c1-19(31)30-24-26(33-16-15-23(32)38-29(2,3)4)25-22(18-35-27(37-25)21-13-9-6-10-14-21)36-28(24)34-17-20-11-7-5-8-12-20/h5-14,22,24-28H,15-18H2,1-4H3,(H,30,31)/t22-,24-,25+,26-,27-,28+/m0/s1. The number of ether oxygens (including phenoxy) is 6. The van der Waals surface area contributed by atoms with Gasteiger partial charge in [0.25, 0.3) is 0 Å². The molecule has 2 aromatic rings. The largest absolute Gasteiger partial charge is 0.460 e. The summed E-state index contributed by atoms with van der Waals surface area (Å²) < 4.78 is 36.4. The summed E-state index contributed by atoms with van der Waals surface area (Å²) >= 11 is 0. The lowest BCUT2D eigenvalue weighted by Gasteiger charge is -2.49. The van der Waals surface area contributed by atoms with Crippen molar-refractivity contribution in [3.8, 4) is 0 Å². The second-order valence-corrected chi connectivity index (χ2v) is 10.4. The van der Waals surface area contributed by atoms with Crippen LogP contribution in [0.4, 0.5) is 0 Å². The van der Waals surface area contributed by atoms with Crippen LogP contribution in [0.15, 0.2) is 60.7 Å². The smallest absolute Gasteiger partial charge is 0.308 e. The van der Waals surface area contributed by atoms with E-state index < -0.39 is 42.5 Å². The highest BCUT2D eigenvalue weighted by Gasteiger charge is 2.51. The SMILES string of the molecule is CC(=O)N[C@@H]1[C@H](OCc2ccccc2)O[C@H]2CO[C@H](c3ccccc3)O[C@H]2[C@H]1OCCC(=O)OC(C)(C)C. The fourth-order valence-electron chi connectivity index (χ4n) is 4.50. The quantitative estimate of drug-likeness (QED) is 0.493. The molecular formula is C29H37NO8. The first kappa shape index (κ1) is 28.2. The van der Waals surface area contributed by atoms with Gasteiger partial charge in [-0.2, -0.15) is 0 Å². The maximum atomic E-state index is 12.3. The third kappa shape index (κ3) is 7.85. The van der Waals surface area contributed by atoms with Crippen LogP contribution in [0.5, 0.6) is 0 Å². The van der Waals surface area contributed by atoms with E-state index in [1.165, 1.54) is 6.92 Å². The molecule has 9 nitrogen and oxygen atoms in total. The summed E-state index contributed by atoms with van der Waals surface area (Å²) in [6.45, 7) is 7.47.